The van der Waals surface area contributed by atoms with Crippen LogP contribution >= 0.6 is 0 Å². The molecular formula is C18H23N3O2. The number of nitrogens with one attached hydrogen (secondary N) is 1. The zero-order valence-corrected chi connectivity index (χ0v) is 13.5. The Bertz CT molecular complexity index is 598. The van der Waals surface area contributed by atoms with Crippen LogP contribution in [0, 0.1) is 0 Å². The summed E-state index contributed by atoms with van der Waals surface area (Å²) >= 11 is 0. The number of imide groups is 1. The van der Waals surface area contributed by atoms with Crippen molar-refractivity contribution in [2.45, 2.75) is 43.8 Å². The van der Waals surface area contributed by atoms with Gasteiger partial charge in [-0.3, -0.25) is 14.5 Å². The van der Waals surface area contributed by atoms with E-state index in [0.29, 0.717) is 35.8 Å². The number of fused-ring (bicyclic) bond motifs is 3. The number of hydrogen-bond acceptors (Lipinski definition) is 4. The van der Waals surface area contributed by atoms with Crippen molar-refractivity contribution in [3.05, 3.63) is 35.4 Å². The molecule has 0 aliphatic carbocycles. The minimum absolute atomic E-state index is 0.149. The second-order valence-electron chi connectivity index (χ2n) is 7.05. The lowest BCUT2D eigenvalue weighted by atomic mass is 9.98. The number of carbonyl (C=O) groups excluding carboxylic acids is 2. The molecular weight excluding hydrogens is 290 g/mol. The number of rotatable bonds is 4. The largest absolute Gasteiger partial charge is 0.311 e. The van der Waals surface area contributed by atoms with E-state index in [9.17, 15) is 9.59 Å². The predicted octanol–water partition coefficient (Wildman–Crippen LogP) is 1.50. The van der Waals surface area contributed by atoms with Gasteiger partial charge in [0.2, 0.25) is 0 Å². The molecule has 0 saturated carbocycles. The van der Waals surface area contributed by atoms with E-state index in [1.54, 1.807) is 12.1 Å². The Kier molecular flexibility index (Phi) is 3.70. The van der Waals surface area contributed by atoms with Crippen molar-refractivity contribution in [2.75, 3.05) is 20.1 Å². The Labute approximate surface area is 136 Å². The monoisotopic (exact) mass is 313 g/mol. The first-order valence-electron chi connectivity index (χ1n) is 8.55. The zero-order valence-electron chi connectivity index (χ0n) is 13.5. The first-order chi connectivity index (χ1) is 11.1. The Morgan fingerprint density at radius 2 is 1.65 bits per heavy atom. The van der Waals surface area contributed by atoms with Crippen LogP contribution in [0.25, 0.3) is 0 Å². The molecule has 2 amide bonds. The highest BCUT2D eigenvalue weighted by atomic mass is 16.2. The van der Waals surface area contributed by atoms with Gasteiger partial charge in [0.05, 0.1) is 11.1 Å². The van der Waals surface area contributed by atoms with E-state index in [1.807, 2.05) is 12.1 Å². The fourth-order valence-corrected chi connectivity index (χ4v) is 4.27. The van der Waals surface area contributed by atoms with E-state index >= 15 is 0 Å². The van der Waals surface area contributed by atoms with Crippen LogP contribution in [0.3, 0.4) is 0 Å². The molecule has 3 aliphatic rings. The van der Waals surface area contributed by atoms with Crippen molar-refractivity contribution in [1.82, 2.24) is 15.1 Å². The van der Waals surface area contributed by atoms with Gasteiger partial charge in [0.1, 0.15) is 0 Å². The maximum Gasteiger partial charge on any atom is 0.261 e. The maximum atomic E-state index is 12.4. The highest BCUT2D eigenvalue weighted by Crippen LogP contribution is 2.29. The van der Waals surface area contributed by atoms with Crippen LogP contribution in [0.1, 0.15) is 46.4 Å². The number of hydrogen-bond donors (Lipinski definition) is 1. The molecule has 5 nitrogen and oxygen atoms in total. The van der Waals surface area contributed by atoms with E-state index in [1.165, 1.54) is 30.6 Å². The molecule has 1 aromatic carbocycles. The second kappa shape index (κ2) is 5.73. The molecule has 0 aromatic heterocycles. The number of piperidine rings is 1. The summed E-state index contributed by atoms with van der Waals surface area (Å²) in [4.78, 5) is 28.5. The van der Waals surface area contributed by atoms with E-state index < -0.39 is 0 Å². The van der Waals surface area contributed by atoms with Gasteiger partial charge in [0, 0.05) is 31.2 Å². The lowest BCUT2D eigenvalue weighted by Gasteiger charge is -2.36. The summed E-state index contributed by atoms with van der Waals surface area (Å²) in [6.07, 6.45) is 4.92. The van der Waals surface area contributed by atoms with Crippen molar-refractivity contribution >= 4 is 11.8 Å². The molecule has 1 N–H and O–H groups in total. The van der Waals surface area contributed by atoms with E-state index in [4.69, 9.17) is 0 Å². The number of amides is 2. The predicted molar refractivity (Wildman–Crippen MR) is 87.4 cm³/mol. The summed E-state index contributed by atoms with van der Waals surface area (Å²) in [6, 6.07) is 8.97. The lowest BCUT2D eigenvalue weighted by Crippen LogP contribution is -2.48. The Morgan fingerprint density at radius 3 is 2.22 bits per heavy atom. The van der Waals surface area contributed by atoms with Gasteiger partial charge < -0.3 is 10.2 Å². The normalized spacial score (nSPS) is 29.5. The van der Waals surface area contributed by atoms with E-state index in [-0.39, 0.29) is 11.8 Å². The van der Waals surface area contributed by atoms with Crippen molar-refractivity contribution < 1.29 is 9.59 Å². The number of likely N-dealkylation sites (N-methyl/N-ethyl adjacent to an activating group) is 1. The first kappa shape index (κ1) is 14.8. The number of benzene rings is 1. The average Bonchev–Trinajstić information content (AvgIpc) is 3.03. The Hall–Kier alpha value is -1.72. The van der Waals surface area contributed by atoms with Gasteiger partial charge in [-0.25, -0.2) is 0 Å². The number of carbonyl (C=O) groups is 2. The van der Waals surface area contributed by atoms with Crippen LogP contribution in [0.15, 0.2) is 24.3 Å². The van der Waals surface area contributed by atoms with Crippen LogP contribution < -0.4 is 5.32 Å². The molecule has 4 rings (SSSR count). The molecule has 23 heavy (non-hydrogen) atoms. The average molecular weight is 313 g/mol. The fraction of sp³-hybridized carbons (Fsp3) is 0.556. The molecule has 0 radical (unpaired) electrons. The molecule has 1 aromatic rings. The van der Waals surface area contributed by atoms with Crippen LogP contribution in [0.2, 0.25) is 0 Å². The topological polar surface area (TPSA) is 52.7 Å². The van der Waals surface area contributed by atoms with Crippen LogP contribution in [-0.2, 0) is 0 Å². The van der Waals surface area contributed by atoms with E-state index in [2.05, 4.69) is 17.3 Å². The molecule has 2 saturated heterocycles. The van der Waals surface area contributed by atoms with Crippen molar-refractivity contribution in [2.24, 2.45) is 0 Å². The standard InChI is InChI=1S/C18H23N3O2/c1-20(14-10-12-6-7-13(11-14)19-12)8-9-21-17(22)15-4-2-3-5-16(15)18(21)23/h2-5,12-14,19H,6-11H2,1H3. The highest BCUT2D eigenvalue weighted by Gasteiger charge is 2.37. The van der Waals surface area contributed by atoms with Crippen LogP contribution in [0.4, 0.5) is 0 Å². The molecule has 2 fully saturated rings. The Balaban J connectivity index is 1.38. The molecule has 0 spiro atoms. The van der Waals surface area contributed by atoms with Gasteiger partial charge in [0.15, 0.2) is 0 Å². The van der Waals surface area contributed by atoms with Crippen molar-refractivity contribution in [1.29, 1.82) is 0 Å². The minimum Gasteiger partial charge on any atom is -0.311 e. The third-order valence-electron chi connectivity index (χ3n) is 5.63. The van der Waals surface area contributed by atoms with Gasteiger partial charge in [-0.2, -0.15) is 0 Å². The lowest BCUT2D eigenvalue weighted by molar-refractivity contribution is 0.0623. The molecule has 2 bridgehead atoms. The smallest absolute Gasteiger partial charge is 0.261 e. The quantitative estimate of drug-likeness (QED) is 0.856. The molecule has 2 atom stereocenters. The van der Waals surface area contributed by atoms with E-state index in [0.717, 1.165) is 6.54 Å². The van der Waals surface area contributed by atoms with Crippen LogP contribution in [0.5, 0.6) is 0 Å². The zero-order chi connectivity index (χ0) is 16.0. The summed E-state index contributed by atoms with van der Waals surface area (Å²) in [5.41, 5.74) is 1.08. The van der Waals surface area contributed by atoms with Crippen molar-refractivity contribution in [3.63, 3.8) is 0 Å². The van der Waals surface area contributed by atoms with Gasteiger partial charge >= 0.3 is 0 Å². The molecule has 3 heterocycles. The summed E-state index contributed by atoms with van der Waals surface area (Å²) in [6.45, 7) is 1.22. The minimum atomic E-state index is -0.149. The molecule has 5 heteroatoms. The van der Waals surface area contributed by atoms with Gasteiger partial charge in [-0.1, -0.05) is 12.1 Å². The summed E-state index contributed by atoms with van der Waals surface area (Å²) < 4.78 is 0. The third kappa shape index (κ3) is 2.58. The highest BCUT2D eigenvalue weighted by molar-refractivity contribution is 6.21. The second-order valence-corrected chi connectivity index (χ2v) is 7.05. The molecule has 2 unspecified atom stereocenters. The maximum absolute atomic E-state index is 12.4. The van der Waals surface area contributed by atoms with Gasteiger partial charge in [-0.05, 0) is 44.9 Å². The summed E-state index contributed by atoms with van der Waals surface area (Å²) in [5, 5.41) is 3.65. The van der Waals surface area contributed by atoms with Gasteiger partial charge in [0.25, 0.3) is 11.8 Å². The number of nitrogens with zero attached hydrogens (tertiary/aromatic N) is 2. The fourth-order valence-electron chi connectivity index (χ4n) is 4.27. The Morgan fingerprint density at radius 1 is 1.09 bits per heavy atom. The summed E-state index contributed by atoms with van der Waals surface area (Å²) in [7, 11) is 2.12. The molecule has 122 valence electrons. The van der Waals surface area contributed by atoms with Crippen LogP contribution in [-0.4, -0.2) is 59.9 Å². The first-order valence-corrected chi connectivity index (χ1v) is 8.55. The van der Waals surface area contributed by atoms with Gasteiger partial charge in [-0.15, -0.1) is 0 Å². The third-order valence-corrected chi connectivity index (χ3v) is 5.63. The SMILES string of the molecule is CN(CCN1C(=O)c2ccccc2C1=O)C1CC2CCC(C1)N2. The summed E-state index contributed by atoms with van der Waals surface area (Å²) in [5.74, 6) is -0.297. The molecule has 3 aliphatic heterocycles. The van der Waals surface area contributed by atoms with Crippen molar-refractivity contribution in [3.8, 4) is 0 Å².